The van der Waals surface area contributed by atoms with Crippen molar-refractivity contribution in [3.05, 3.63) is 28.7 Å². The molecule has 88 valence electrons. The molecule has 0 aliphatic rings. The molecule has 3 nitrogen and oxygen atoms in total. The van der Waals surface area contributed by atoms with Crippen LogP contribution in [0.4, 0.5) is 5.69 Å². The van der Waals surface area contributed by atoms with Crippen LogP contribution in [0.5, 0.6) is 0 Å². The first-order chi connectivity index (χ1) is 7.56. The summed E-state index contributed by atoms with van der Waals surface area (Å²) < 4.78 is 0.984. The van der Waals surface area contributed by atoms with Gasteiger partial charge in [-0.25, -0.2) is 0 Å². The number of anilines is 1. The summed E-state index contributed by atoms with van der Waals surface area (Å²) in [4.78, 5) is 12.9. The van der Waals surface area contributed by atoms with Gasteiger partial charge in [-0.05, 0) is 34.5 Å². The minimum atomic E-state index is -0.735. The van der Waals surface area contributed by atoms with Gasteiger partial charge >= 0.3 is 5.97 Å². The Balaban J connectivity index is 2.75. The SMILES string of the molecule is CCC(CN(C)c1ccccc1Br)C(=O)O. The smallest absolute Gasteiger partial charge is 0.308 e. The molecule has 0 heterocycles. The van der Waals surface area contributed by atoms with Crippen molar-refractivity contribution in [3.63, 3.8) is 0 Å². The third-order valence-electron chi connectivity index (χ3n) is 2.60. The molecule has 0 aliphatic heterocycles. The molecule has 0 saturated heterocycles. The number of nitrogens with zero attached hydrogens (tertiary/aromatic N) is 1. The number of para-hydroxylation sites is 1. The van der Waals surface area contributed by atoms with Gasteiger partial charge in [0.1, 0.15) is 0 Å². The Hall–Kier alpha value is -1.03. The second kappa shape index (κ2) is 5.89. The number of carbonyl (C=O) groups is 1. The summed E-state index contributed by atoms with van der Waals surface area (Å²) >= 11 is 3.46. The van der Waals surface area contributed by atoms with Crippen LogP contribution in [0.3, 0.4) is 0 Å². The predicted octanol–water partition coefficient (Wildman–Crippen LogP) is 3.00. The summed E-state index contributed by atoms with van der Waals surface area (Å²) in [5.74, 6) is -1.06. The van der Waals surface area contributed by atoms with E-state index in [1.54, 1.807) is 0 Å². The monoisotopic (exact) mass is 285 g/mol. The van der Waals surface area contributed by atoms with E-state index in [0.717, 1.165) is 10.2 Å². The minimum Gasteiger partial charge on any atom is -0.481 e. The van der Waals surface area contributed by atoms with Crippen molar-refractivity contribution in [2.75, 3.05) is 18.5 Å². The van der Waals surface area contributed by atoms with Gasteiger partial charge in [0.15, 0.2) is 0 Å². The van der Waals surface area contributed by atoms with Crippen molar-refractivity contribution < 1.29 is 9.90 Å². The molecule has 0 saturated carbocycles. The van der Waals surface area contributed by atoms with Crippen molar-refractivity contribution in [3.8, 4) is 0 Å². The quantitative estimate of drug-likeness (QED) is 0.904. The number of halogens is 1. The predicted molar refractivity (Wildman–Crippen MR) is 68.8 cm³/mol. The van der Waals surface area contributed by atoms with Gasteiger partial charge < -0.3 is 10.0 Å². The van der Waals surface area contributed by atoms with E-state index in [-0.39, 0.29) is 5.92 Å². The molecule has 1 aromatic rings. The highest BCUT2D eigenvalue weighted by Crippen LogP contribution is 2.25. The summed E-state index contributed by atoms with van der Waals surface area (Å²) in [5, 5.41) is 9.00. The summed E-state index contributed by atoms with van der Waals surface area (Å²) in [7, 11) is 1.91. The van der Waals surface area contributed by atoms with Crippen LogP contribution in [0, 0.1) is 5.92 Å². The number of hydrogen-bond acceptors (Lipinski definition) is 2. The van der Waals surface area contributed by atoms with Crippen LogP contribution in [-0.4, -0.2) is 24.7 Å². The zero-order valence-electron chi connectivity index (χ0n) is 9.48. The topological polar surface area (TPSA) is 40.5 Å². The van der Waals surface area contributed by atoms with E-state index in [1.807, 2.05) is 43.1 Å². The Morgan fingerprint density at radius 2 is 2.12 bits per heavy atom. The van der Waals surface area contributed by atoms with Gasteiger partial charge in [0.2, 0.25) is 0 Å². The molecule has 1 atom stereocenters. The maximum atomic E-state index is 10.9. The van der Waals surface area contributed by atoms with Crippen LogP contribution in [0.2, 0.25) is 0 Å². The van der Waals surface area contributed by atoms with E-state index in [0.29, 0.717) is 13.0 Å². The maximum absolute atomic E-state index is 10.9. The normalized spacial score (nSPS) is 12.2. The molecule has 0 radical (unpaired) electrons. The standard InChI is InChI=1S/C12H16BrNO2/c1-3-9(12(15)16)8-14(2)11-7-5-4-6-10(11)13/h4-7,9H,3,8H2,1-2H3,(H,15,16). The number of carboxylic acid groups (broad SMARTS) is 1. The van der Waals surface area contributed by atoms with Crippen molar-refractivity contribution in [2.45, 2.75) is 13.3 Å². The van der Waals surface area contributed by atoms with Gasteiger partial charge in [-0.3, -0.25) is 4.79 Å². The second-order valence-corrected chi connectivity index (χ2v) is 4.63. The fourth-order valence-corrected chi connectivity index (χ4v) is 2.16. The molecular formula is C12H16BrNO2. The fraction of sp³-hybridized carbons (Fsp3) is 0.417. The average Bonchev–Trinajstić information content (AvgIpc) is 2.25. The third kappa shape index (κ3) is 3.23. The number of carboxylic acids is 1. The van der Waals surface area contributed by atoms with Crippen molar-refractivity contribution in [2.24, 2.45) is 5.92 Å². The Labute approximate surface area is 104 Å². The molecule has 0 bridgehead atoms. The van der Waals surface area contributed by atoms with Crippen LogP contribution in [0.1, 0.15) is 13.3 Å². The highest BCUT2D eigenvalue weighted by atomic mass is 79.9. The van der Waals surface area contributed by atoms with Crippen molar-refractivity contribution in [1.82, 2.24) is 0 Å². The van der Waals surface area contributed by atoms with Gasteiger partial charge in [0.25, 0.3) is 0 Å². The molecule has 0 aromatic heterocycles. The highest BCUT2D eigenvalue weighted by Gasteiger charge is 2.18. The lowest BCUT2D eigenvalue weighted by molar-refractivity contribution is -0.141. The number of rotatable bonds is 5. The van der Waals surface area contributed by atoms with Crippen LogP contribution < -0.4 is 4.90 Å². The molecule has 1 rings (SSSR count). The van der Waals surface area contributed by atoms with E-state index in [9.17, 15) is 4.79 Å². The molecule has 0 fully saturated rings. The molecule has 0 amide bonds. The van der Waals surface area contributed by atoms with Gasteiger partial charge in [0, 0.05) is 18.1 Å². The Morgan fingerprint density at radius 1 is 1.50 bits per heavy atom. The average molecular weight is 286 g/mol. The summed E-state index contributed by atoms with van der Waals surface area (Å²) in [6.07, 6.45) is 0.643. The zero-order valence-corrected chi connectivity index (χ0v) is 11.1. The Kier molecular flexibility index (Phi) is 4.80. The molecule has 1 unspecified atom stereocenters. The van der Waals surface area contributed by atoms with E-state index < -0.39 is 5.97 Å². The van der Waals surface area contributed by atoms with E-state index >= 15 is 0 Å². The molecule has 1 N–H and O–H groups in total. The lowest BCUT2D eigenvalue weighted by atomic mass is 10.1. The highest BCUT2D eigenvalue weighted by molar-refractivity contribution is 9.10. The van der Waals surface area contributed by atoms with Crippen LogP contribution in [0.15, 0.2) is 28.7 Å². The van der Waals surface area contributed by atoms with Gasteiger partial charge in [-0.15, -0.1) is 0 Å². The summed E-state index contributed by atoms with van der Waals surface area (Å²) in [6.45, 7) is 2.42. The second-order valence-electron chi connectivity index (χ2n) is 3.78. The van der Waals surface area contributed by atoms with Crippen LogP contribution >= 0.6 is 15.9 Å². The zero-order chi connectivity index (χ0) is 12.1. The maximum Gasteiger partial charge on any atom is 0.308 e. The van der Waals surface area contributed by atoms with Crippen LogP contribution in [0.25, 0.3) is 0 Å². The minimum absolute atomic E-state index is 0.322. The van der Waals surface area contributed by atoms with Crippen molar-refractivity contribution in [1.29, 1.82) is 0 Å². The van der Waals surface area contributed by atoms with Crippen molar-refractivity contribution >= 4 is 27.6 Å². The molecule has 0 spiro atoms. The van der Waals surface area contributed by atoms with E-state index in [1.165, 1.54) is 0 Å². The van der Waals surface area contributed by atoms with Gasteiger partial charge in [-0.1, -0.05) is 19.1 Å². The number of hydrogen-bond donors (Lipinski definition) is 1. The van der Waals surface area contributed by atoms with Gasteiger partial charge in [-0.2, -0.15) is 0 Å². The molecule has 16 heavy (non-hydrogen) atoms. The fourth-order valence-electron chi connectivity index (χ4n) is 1.57. The Morgan fingerprint density at radius 3 is 2.62 bits per heavy atom. The first-order valence-electron chi connectivity index (χ1n) is 5.24. The molecular weight excluding hydrogens is 270 g/mol. The summed E-state index contributed by atoms with van der Waals surface area (Å²) in [5.41, 5.74) is 1.02. The largest absolute Gasteiger partial charge is 0.481 e. The molecule has 4 heteroatoms. The van der Waals surface area contributed by atoms with Gasteiger partial charge in [0.05, 0.1) is 11.6 Å². The number of aliphatic carboxylic acids is 1. The Bertz CT molecular complexity index is 368. The number of benzene rings is 1. The first kappa shape index (κ1) is 13.0. The van der Waals surface area contributed by atoms with E-state index in [4.69, 9.17) is 5.11 Å². The van der Waals surface area contributed by atoms with Crippen LogP contribution in [-0.2, 0) is 4.79 Å². The van der Waals surface area contributed by atoms with E-state index in [2.05, 4.69) is 15.9 Å². The lowest BCUT2D eigenvalue weighted by Gasteiger charge is -2.23. The lowest BCUT2D eigenvalue weighted by Crippen LogP contribution is -2.30. The first-order valence-corrected chi connectivity index (χ1v) is 6.04. The molecule has 1 aromatic carbocycles. The third-order valence-corrected chi connectivity index (χ3v) is 3.27. The summed E-state index contributed by atoms with van der Waals surface area (Å²) in [6, 6.07) is 7.81. The molecule has 0 aliphatic carbocycles.